The minimum absolute atomic E-state index is 1.07. The summed E-state index contributed by atoms with van der Waals surface area (Å²) in [6.07, 6.45) is 7.62. The van der Waals surface area contributed by atoms with Gasteiger partial charge in [0.25, 0.3) is 0 Å². The summed E-state index contributed by atoms with van der Waals surface area (Å²) in [6.45, 7) is 2.25. The molecular formula is C14H19BrN2. The third-order valence-electron chi connectivity index (χ3n) is 3.01. The van der Waals surface area contributed by atoms with Crippen molar-refractivity contribution in [2.45, 2.75) is 45.4 Å². The maximum atomic E-state index is 4.60. The predicted molar refractivity (Wildman–Crippen MR) is 76.3 cm³/mol. The first kappa shape index (κ1) is 12.6. The van der Waals surface area contributed by atoms with Crippen molar-refractivity contribution in [1.82, 2.24) is 9.97 Å². The van der Waals surface area contributed by atoms with Crippen LogP contribution in [-0.4, -0.2) is 9.97 Å². The molecule has 0 radical (unpaired) electrons. The molecule has 1 N–H and O–H groups in total. The van der Waals surface area contributed by atoms with Gasteiger partial charge < -0.3 is 4.98 Å². The molecule has 0 atom stereocenters. The highest BCUT2D eigenvalue weighted by Crippen LogP contribution is 2.18. The van der Waals surface area contributed by atoms with Gasteiger partial charge in [-0.3, -0.25) is 0 Å². The largest absolute Gasteiger partial charge is 0.342 e. The molecule has 2 rings (SSSR count). The molecule has 92 valence electrons. The van der Waals surface area contributed by atoms with E-state index in [0.29, 0.717) is 0 Å². The summed E-state index contributed by atoms with van der Waals surface area (Å²) in [5, 5.41) is 0. The molecule has 1 aromatic carbocycles. The fourth-order valence-electron chi connectivity index (χ4n) is 2.05. The number of aryl methyl sites for hydroxylation is 1. The highest BCUT2D eigenvalue weighted by Gasteiger charge is 2.02. The molecule has 2 aromatic rings. The third-order valence-corrected chi connectivity index (χ3v) is 3.50. The van der Waals surface area contributed by atoms with Crippen molar-refractivity contribution in [3.8, 4) is 0 Å². The summed E-state index contributed by atoms with van der Waals surface area (Å²) in [5.41, 5.74) is 2.19. The summed E-state index contributed by atoms with van der Waals surface area (Å²) < 4.78 is 1.10. The van der Waals surface area contributed by atoms with Crippen LogP contribution in [0.1, 0.15) is 44.9 Å². The molecule has 1 heterocycles. The topological polar surface area (TPSA) is 28.7 Å². The second kappa shape index (κ2) is 6.20. The van der Waals surface area contributed by atoms with E-state index in [1.54, 1.807) is 0 Å². The lowest BCUT2D eigenvalue weighted by Gasteiger charge is -1.97. The first-order valence-electron chi connectivity index (χ1n) is 6.43. The van der Waals surface area contributed by atoms with Crippen LogP contribution in [0, 0.1) is 0 Å². The number of halogens is 1. The average molecular weight is 295 g/mol. The first-order valence-corrected chi connectivity index (χ1v) is 7.23. The maximum absolute atomic E-state index is 4.60. The van der Waals surface area contributed by atoms with Gasteiger partial charge in [-0.05, 0) is 24.6 Å². The van der Waals surface area contributed by atoms with Gasteiger partial charge >= 0.3 is 0 Å². The van der Waals surface area contributed by atoms with E-state index in [-0.39, 0.29) is 0 Å². The molecule has 0 saturated heterocycles. The molecule has 1 aromatic heterocycles. The van der Waals surface area contributed by atoms with Crippen molar-refractivity contribution < 1.29 is 0 Å². The van der Waals surface area contributed by atoms with E-state index < -0.39 is 0 Å². The van der Waals surface area contributed by atoms with Gasteiger partial charge in [-0.25, -0.2) is 4.98 Å². The molecule has 17 heavy (non-hydrogen) atoms. The van der Waals surface area contributed by atoms with Gasteiger partial charge in [0.05, 0.1) is 11.0 Å². The molecule has 2 nitrogen and oxygen atoms in total. The van der Waals surface area contributed by atoms with Crippen LogP contribution < -0.4 is 0 Å². The Morgan fingerprint density at radius 2 is 2.00 bits per heavy atom. The van der Waals surface area contributed by atoms with Gasteiger partial charge in [0, 0.05) is 10.9 Å². The Kier molecular flexibility index (Phi) is 4.60. The van der Waals surface area contributed by atoms with Gasteiger partial charge in [0.2, 0.25) is 0 Å². The van der Waals surface area contributed by atoms with Crippen LogP contribution in [0.2, 0.25) is 0 Å². The Morgan fingerprint density at radius 3 is 2.82 bits per heavy atom. The highest BCUT2D eigenvalue weighted by molar-refractivity contribution is 9.10. The van der Waals surface area contributed by atoms with Crippen molar-refractivity contribution in [2.75, 3.05) is 0 Å². The molecule has 0 aliphatic carbocycles. The highest BCUT2D eigenvalue weighted by atomic mass is 79.9. The Bertz CT molecular complexity index is 476. The maximum Gasteiger partial charge on any atom is 0.107 e. The molecule has 0 saturated carbocycles. The van der Waals surface area contributed by atoms with Crippen molar-refractivity contribution in [3.63, 3.8) is 0 Å². The minimum Gasteiger partial charge on any atom is -0.342 e. The van der Waals surface area contributed by atoms with Crippen molar-refractivity contribution in [3.05, 3.63) is 28.5 Å². The van der Waals surface area contributed by atoms with E-state index in [9.17, 15) is 0 Å². The van der Waals surface area contributed by atoms with Crippen LogP contribution in [0.5, 0.6) is 0 Å². The number of H-pyrrole nitrogens is 1. The molecule has 0 aliphatic heterocycles. The molecule has 0 fully saturated rings. The second-order valence-electron chi connectivity index (χ2n) is 4.51. The summed E-state index contributed by atoms with van der Waals surface area (Å²) in [4.78, 5) is 7.98. The zero-order valence-corrected chi connectivity index (χ0v) is 11.9. The Hall–Kier alpha value is -0.830. The van der Waals surface area contributed by atoms with Crippen LogP contribution >= 0.6 is 15.9 Å². The number of rotatable bonds is 6. The molecule has 0 unspecified atom stereocenters. The quantitative estimate of drug-likeness (QED) is 0.759. The lowest BCUT2D eigenvalue weighted by Crippen LogP contribution is -1.88. The first-order chi connectivity index (χ1) is 8.29. The molecule has 0 aliphatic rings. The number of nitrogens with one attached hydrogen (secondary N) is 1. The Morgan fingerprint density at radius 1 is 1.18 bits per heavy atom. The van der Waals surface area contributed by atoms with Gasteiger partial charge in [-0.1, -0.05) is 48.5 Å². The number of imidazole rings is 1. The Balaban J connectivity index is 1.91. The number of aromatic amines is 1. The summed E-state index contributed by atoms with van der Waals surface area (Å²) >= 11 is 3.47. The number of aromatic nitrogens is 2. The lowest BCUT2D eigenvalue weighted by atomic mass is 10.1. The zero-order valence-electron chi connectivity index (χ0n) is 10.3. The summed E-state index contributed by atoms with van der Waals surface area (Å²) in [5.74, 6) is 1.12. The average Bonchev–Trinajstić information content (AvgIpc) is 2.70. The predicted octanol–water partition coefficient (Wildman–Crippen LogP) is 4.84. The standard InChI is InChI=1S/C14H19BrN2/c1-2-3-4-5-6-7-14-16-12-9-8-11(15)10-13(12)17-14/h8-10H,2-7H2,1H3,(H,16,17). The molecular weight excluding hydrogens is 276 g/mol. The fourth-order valence-corrected chi connectivity index (χ4v) is 2.41. The van der Waals surface area contributed by atoms with Crippen LogP contribution in [0.3, 0.4) is 0 Å². The van der Waals surface area contributed by atoms with E-state index in [4.69, 9.17) is 0 Å². The van der Waals surface area contributed by atoms with Crippen molar-refractivity contribution in [2.24, 2.45) is 0 Å². The Labute approximate surface area is 111 Å². The minimum atomic E-state index is 1.07. The van der Waals surface area contributed by atoms with Crippen molar-refractivity contribution >= 4 is 27.0 Å². The van der Waals surface area contributed by atoms with Gasteiger partial charge in [0.15, 0.2) is 0 Å². The number of unbranched alkanes of at least 4 members (excludes halogenated alkanes) is 4. The SMILES string of the molecule is CCCCCCCc1nc2ccc(Br)cc2[nH]1. The van der Waals surface area contributed by atoms with Gasteiger partial charge in [0.1, 0.15) is 5.82 Å². The van der Waals surface area contributed by atoms with Crippen LogP contribution in [0.4, 0.5) is 0 Å². The number of nitrogens with zero attached hydrogens (tertiary/aromatic N) is 1. The molecule has 0 amide bonds. The normalized spacial score (nSPS) is 11.2. The monoisotopic (exact) mass is 294 g/mol. The zero-order chi connectivity index (χ0) is 12.1. The molecule has 0 bridgehead atoms. The number of benzene rings is 1. The van der Waals surface area contributed by atoms with E-state index in [1.165, 1.54) is 32.1 Å². The lowest BCUT2D eigenvalue weighted by molar-refractivity contribution is 0.625. The fraction of sp³-hybridized carbons (Fsp3) is 0.500. The van der Waals surface area contributed by atoms with E-state index in [2.05, 4.69) is 45.0 Å². The van der Waals surface area contributed by atoms with Gasteiger partial charge in [-0.2, -0.15) is 0 Å². The summed E-state index contributed by atoms with van der Waals surface area (Å²) in [7, 11) is 0. The number of fused-ring (bicyclic) bond motifs is 1. The van der Waals surface area contributed by atoms with Crippen LogP contribution in [0.15, 0.2) is 22.7 Å². The van der Waals surface area contributed by atoms with E-state index in [1.807, 2.05) is 6.07 Å². The second-order valence-corrected chi connectivity index (χ2v) is 5.42. The smallest absolute Gasteiger partial charge is 0.107 e. The van der Waals surface area contributed by atoms with E-state index in [0.717, 1.165) is 27.8 Å². The molecule has 0 spiro atoms. The third kappa shape index (κ3) is 3.56. The molecule has 3 heteroatoms. The van der Waals surface area contributed by atoms with Crippen LogP contribution in [0.25, 0.3) is 11.0 Å². The number of hydrogen-bond donors (Lipinski definition) is 1. The van der Waals surface area contributed by atoms with Gasteiger partial charge in [-0.15, -0.1) is 0 Å². The van der Waals surface area contributed by atoms with E-state index >= 15 is 0 Å². The van der Waals surface area contributed by atoms with Crippen molar-refractivity contribution in [1.29, 1.82) is 0 Å². The number of hydrogen-bond acceptors (Lipinski definition) is 1. The summed E-state index contributed by atoms with van der Waals surface area (Å²) in [6, 6.07) is 6.17. The van der Waals surface area contributed by atoms with Crippen LogP contribution in [-0.2, 0) is 6.42 Å².